The van der Waals surface area contributed by atoms with Crippen LogP contribution in [0.3, 0.4) is 0 Å². The Labute approximate surface area is 228 Å². The standard InChI is InChI=1S/C33H22F2IN/c34-33(35,25-18-14-23(15-19-25)22-8-2-1-3-9-22)32(24-16-20-26(36)21-17-24)37-31-29-12-6-4-10-27(29)28-11-5-7-13-30(28)31/h1-21,32H. The maximum Gasteiger partial charge on any atom is 0.299 e. The second-order valence-electron chi connectivity index (χ2n) is 9.09. The van der Waals surface area contributed by atoms with Crippen LogP contribution in [0.25, 0.3) is 22.3 Å². The van der Waals surface area contributed by atoms with Crippen LogP contribution in [0, 0.1) is 3.57 Å². The third-order valence-corrected chi connectivity index (χ3v) is 7.54. The molecule has 0 saturated heterocycles. The number of halogens is 3. The van der Waals surface area contributed by atoms with E-state index in [4.69, 9.17) is 4.99 Å². The van der Waals surface area contributed by atoms with Crippen LogP contribution < -0.4 is 0 Å². The monoisotopic (exact) mass is 597 g/mol. The predicted molar refractivity (Wildman–Crippen MR) is 155 cm³/mol. The molecule has 1 aliphatic carbocycles. The van der Waals surface area contributed by atoms with Crippen molar-refractivity contribution in [2.75, 3.05) is 0 Å². The molecule has 0 N–H and O–H groups in total. The van der Waals surface area contributed by atoms with Gasteiger partial charge in [-0.15, -0.1) is 0 Å². The lowest BCUT2D eigenvalue weighted by molar-refractivity contribution is -0.0315. The molecule has 0 amide bonds. The first-order valence-electron chi connectivity index (χ1n) is 12.1. The summed E-state index contributed by atoms with van der Waals surface area (Å²) in [5.41, 5.74) is 6.73. The summed E-state index contributed by atoms with van der Waals surface area (Å²) in [6.07, 6.45) is 0. The van der Waals surface area contributed by atoms with Crippen LogP contribution in [0.4, 0.5) is 8.78 Å². The zero-order valence-corrected chi connectivity index (χ0v) is 21.9. The van der Waals surface area contributed by atoms with Crippen LogP contribution in [0.15, 0.2) is 132 Å². The number of benzene rings is 5. The Morgan fingerprint density at radius 3 is 1.59 bits per heavy atom. The van der Waals surface area contributed by atoms with Gasteiger partial charge in [0.05, 0.1) is 5.71 Å². The molecule has 37 heavy (non-hydrogen) atoms. The number of hydrogen-bond acceptors (Lipinski definition) is 1. The minimum Gasteiger partial charge on any atom is -0.269 e. The van der Waals surface area contributed by atoms with Crippen LogP contribution >= 0.6 is 22.6 Å². The topological polar surface area (TPSA) is 12.4 Å². The van der Waals surface area contributed by atoms with Gasteiger partial charge in [-0.1, -0.05) is 115 Å². The summed E-state index contributed by atoms with van der Waals surface area (Å²) < 4.78 is 33.9. The van der Waals surface area contributed by atoms with E-state index in [-0.39, 0.29) is 5.56 Å². The fraction of sp³-hybridized carbons (Fsp3) is 0.0606. The molecule has 0 fully saturated rings. The van der Waals surface area contributed by atoms with Gasteiger partial charge in [0.1, 0.15) is 6.04 Å². The summed E-state index contributed by atoms with van der Waals surface area (Å²) in [4.78, 5) is 4.85. The molecule has 0 bridgehead atoms. The van der Waals surface area contributed by atoms with E-state index in [0.29, 0.717) is 11.3 Å². The third-order valence-electron chi connectivity index (χ3n) is 6.82. The van der Waals surface area contributed by atoms with Gasteiger partial charge in [-0.2, -0.15) is 8.78 Å². The summed E-state index contributed by atoms with van der Waals surface area (Å²) in [7, 11) is 0. The van der Waals surface area contributed by atoms with Crippen molar-refractivity contribution in [3.63, 3.8) is 0 Å². The number of nitrogens with zero attached hydrogens (tertiary/aromatic N) is 1. The molecule has 1 atom stereocenters. The first kappa shape index (κ1) is 23.7. The molecule has 1 nitrogen and oxygen atoms in total. The van der Waals surface area contributed by atoms with Gasteiger partial charge in [-0.3, -0.25) is 4.99 Å². The van der Waals surface area contributed by atoms with Crippen LogP contribution in [-0.2, 0) is 5.92 Å². The average molecular weight is 597 g/mol. The van der Waals surface area contributed by atoms with Gasteiger partial charge in [0, 0.05) is 20.3 Å². The van der Waals surface area contributed by atoms with Gasteiger partial charge in [0.15, 0.2) is 0 Å². The third kappa shape index (κ3) is 4.40. The van der Waals surface area contributed by atoms with E-state index in [2.05, 4.69) is 22.6 Å². The van der Waals surface area contributed by atoms with E-state index in [0.717, 1.165) is 37.0 Å². The van der Waals surface area contributed by atoms with Crippen LogP contribution in [0.2, 0.25) is 0 Å². The number of hydrogen-bond donors (Lipinski definition) is 0. The van der Waals surface area contributed by atoms with Gasteiger partial charge in [-0.05, 0) is 62.5 Å². The van der Waals surface area contributed by atoms with Gasteiger partial charge in [-0.25, -0.2) is 0 Å². The van der Waals surface area contributed by atoms with Crippen molar-refractivity contribution < 1.29 is 8.78 Å². The van der Waals surface area contributed by atoms with E-state index < -0.39 is 12.0 Å². The molecule has 1 aliphatic rings. The van der Waals surface area contributed by atoms with E-state index in [1.54, 1.807) is 24.3 Å². The minimum atomic E-state index is -3.23. The Morgan fingerprint density at radius 1 is 0.541 bits per heavy atom. The van der Waals surface area contributed by atoms with Gasteiger partial charge < -0.3 is 0 Å². The fourth-order valence-electron chi connectivity index (χ4n) is 4.95. The Hall–Kier alpha value is -3.64. The fourth-order valence-corrected chi connectivity index (χ4v) is 5.31. The van der Waals surface area contributed by atoms with Crippen molar-refractivity contribution in [1.29, 1.82) is 0 Å². The lowest BCUT2D eigenvalue weighted by Crippen LogP contribution is -2.24. The smallest absolute Gasteiger partial charge is 0.269 e. The molecular weight excluding hydrogens is 575 g/mol. The van der Waals surface area contributed by atoms with Gasteiger partial charge in [0.25, 0.3) is 5.92 Å². The summed E-state index contributed by atoms with van der Waals surface area (Å²) in [6, 6.07) is 38.0. The second-order valence-corrected chi connectivity index (χ2v) is 10.3. The SMILES string of the molecule is FC(F)(c1ccc(-c2ccccc2)cc1)C(N=C1c2ccccc2-c2ccccc21)c1ccc(I)cc1. The Kier molecular flexibility index (Phi) is 6.21. The van der Waals surface area contributed by atoms with Gasteiger partial charge in [0.2, 0.25) is 0 Å². The van der Waals surface area contributed by atoms with Crippen molar-refractivity contribution >= 4 is 28.3 Å². The first-order valence-corrected chi connectivity index (χ1v) is 13.2. The molecule has 0 heterocycles. The van der Waals surface area contributed by atoms with Gasteiger partial charge >= 0.3 is 0 Å². The zero-order valence-electron chi connectivity index (χ0n) is 19.8. The summed E-state index contributed by atoms with van der Waals surface area (Å²) >= 11 is 2.19. The van der Waals surface area contributed by atoms with Crippen molar-refractivity contribution in [3.8, 4) is 22.3 Å². The summed E-state index contributed by atoms with van der Waals surface area (Å²) in [5, 5.41) is 0. The number of alkyl halides is 2. The molecule has 180 valence electrons. The molecule has 0 radical (unpaired) electrons. The Bertz CT molecular complexity index is 1540. The molecule has 0 spiro atoms. The van der Waals surface area contributed by atoms with E-state index in [1.165, 1.54) is 12.1 Å². The van der Waals surface area contributed by atoms with Crippen LogP contribution in [-0.4, -0.2) is 5.71 Å². The molecule has 5 aromatic carbocycles. The van der Waals surface area contributed by atoms with Crippen LogP contribution in [0.5, 0.6) is 0 Å². The molecule has 0 saturated carbocycles. The highest BCUT2D eigenvalue weighted by Crippen LogP contribution is 2.46. The highest BCUT2D eigenvalue weighted by molar-refractivity contribution is 14.1. The van der Waals surface area contributed by atoms with E-state index in [1.807, 2.05) is 91.0 Å². The van der Waals surface area contributed by atoms with Crippen molar-refractivity contribution in [2.24, 2.45) is 4.99 Å². The van der Waals surface area contributed by atoms with Crippen molar-refractivity contribution in [1.82, 2.24) is 0 Å². The molecule has 1 unspecified atom stereocenters. The quantitative estimate of drug-likeness (QED) is 0.176. The maximum atomic E-state index is 16.4. The first-order chi connectivity index (χ1) is 18.0. The molecule has 0 aromatic heterocycles. The number of rotatable bonds is 5. The number of aliphatic imine (C=N–C) groups is 1. The molecule has 5 aromatic rings. The summed E-state index contributed by atoms with van der Waals surface area (Å²) in [5.74, 6) is -3.23. The molecule has 0 aliphatic heterocycles. The molecule has 6 rings (SSSR count). The predicted octanol–water partition coefficient (Wildman–Crippen LogP) is 9.31. The Morgan fingerprint density at radius 2 is 1.03 bits per heavy atom. The van der Waals surface area contributed by atoms with E-state index >= 15 is 8.78 Å². The maximum absolute atomic E-state index is 16.4. The highest BCUT2D eigenvalue weighted by atomic mass is 127. The van der Waals surface area contributed by atoms with E-state index in [9.17, 15) is 0 Å². The molecular formula is C33H22F2IN. The molecule has 4 heteroatoms. The largest absolute Gasteiger partial charge is 0.299 e. The zero-order chi connectivity index (χ0) is 25.4. The summed E-state index contributed by atoms with van der Waals surface area (Å²) in [6.45, 7) is 0. The lowest BCUT2D eigenvalue weighted by Gasteiger charge is -2.26. The Balaban J connectivity index is 1.49. The van der Waals surface area contributed by atoms with Crippen molar-refractivity contribution in [2.45, 2.75) is 12.0 Å². The number of fused-ring (bicyclic) bond motifs is 3. The lowest BCUT2D eigenvalue weighted by atomic mass is 9.93. The normalized spacial score (nSPS) is 13.1. The average Bonchev–Trinajstić information content (AvgIpc) is 3.26. The second kappa shape index (κ2) is 9.67. The van der Waals surface area contributed by atoms with Crippen LogP contribution in [0.1, 0.15) is 28.3 Å². The van der Waals surface area contributed by atoms with Crippen molar-refractivity contribution in [3.05, 3.63) is 153 Å². The minimum absolute atomic E-state index is 0.0559. The highest BCUT2D eigenvalue weighted by Gasteiger charge is 2.43.